The van der Waals surface area contributed by atoms with E-state index >= 15 is 0 Å². The average molecular weight is 446 g/mol. The van der Waals surface area contributed by atoms with Crippen molar-refractivity contribution in [1.29, 1.82) is 0 Å². The van der Waals surface area contributed by atoms with Gasteiger partial charge in [-0.2, -0.15) is 0 Å². The minimum absolute atomic E-state index is 0.0108. The molecule has 1 saturated carbocycles. The molecule has 0 aromatic carbocycles. The summed E-state index contributed by atoms with van der Waals surface area (Å²) in [7, 11) is 1.30. The summed E-state index contributed by atoms with van der Waals surface area (Å²) in [5, 5.41) is 5.46. The topological polar surface area (TPSA) is 131 Å². The van der Waals surface area contributed by atoms with Crippen molar-refractivity contribution in [1.82, 2.24) is 25.5 Å². The lowest BCUT2D eigenvalue weighted by Gasteiger charge is -2.30. The molecular formula is C22H31N5O5. The number of amides is 3. The van der Waals surface area contributed by atoms with E-state index in [0.29, 0.717) is 13.0 Å². The van der Waals surface area contributed by atoms with Crippen LogP contribution < -0.4 is 10.6 Å². The molecule has 2 fully saturated rings. The summed E-state index contributed by atoms with van der Waals surface area (Å²) in [6.07, 6.45) is 9.63. The number of methoxy groups -OCH3 is 1. The van der Waals surface area contributed by atoms with E-state index in [0.717, 1.165) is 32.1 Å². The predicted molar refractivity (Wildman–Crippen MR) is 114 cm³/mol. The van der Waals surface area contributed by atoms with Crippen molar-refractivity contribution in [3.63, 3.8) is 0 Å². The number of aromatic nitrogens is 2. The molecule has 32 heavy (non-hydrogen) atoms. The van der Waals surface area contributed by atoms with Crippen LogP contribution in [0.2, 0.25) is 0 Å². The largest absolute Gasteiger partial charge is 0.467 e. The zero-order valence-corrected chi connectivity index (χ0v) is 18.6. The number of hydrogen-bond acceptors (Lipinski definition) is 7. The Morgan fingerprint density at radius 3 is 2.56 bits per heavy atom. The Hall–Kier alpha value is -3.04. The molecule has 3 rings (SSSR count). The standard InChI is InChI=1S/C22H31N5O5/c1-14-8-11-27(19(14)22(31)32-2)17(28)13-25-21(30)18(15-6-4-3-5-7-15)26-20(29)16-12-23-9-10-24-16/h9-10,12,14-15,18-19H,3-8,11,13H2,1-2H3,(H,25,30)(H,26,29). The van der Waals surface area contributed by atoms with Gasteiger partial charge in [0.1, 0.15) is 17.8 Å². The van der Waals surface area contributed by atoms with Crippen LogP contribution in [0, 0.1) is 11.8 Å². The summed E-state index contributed by atoms with van der Waals surface area (Å²) in [6.45, 7) is 2.09. The smallest absolute Gasteiger partial charge is 0.328 e. The number of carbonyl (C=O) groups excluding carboxylic acids is 4. The molecule has 1 aliphatic carbocycles. The van der Waals surface area contributed by atoms with Crippen LogP contribution in [0.25, 0.3) is 0 Å². The van der Waals surface area contributed by atoms with Crippen molar-refractivity contribution in [2.24, 2.45) is 11.8 Å². The van der Waals surface area contributed by atoms with Crippen molar-refractivity contribution < 1.29 is 23.9 Å². The van der Waals surface area contributed by atoms with Gasteiger partial charge in [-0.15, -0.1) is 0 Å². The summed E-state index contributed by atoms with van der Waals surface area (Å²) in [5.41, 5.74) is 0.129. The van der Waals surface area contributed by atoms with Crippen LogP contribution in [-0.2, 0) is 19.1 Å². The Bertz CT molecular complexity index is 827. The van der Waals surface area contributed by atoms with Crippen LogP contribution in [0.5, 0.6) is 0 Å². The molecule has 0 spiro atoms. The maximum Gasteiger partial charge on any atom is 0.328 e. The Labute approximate surface area is 187 Å². The summed E-state index contributed by atoms with van der Waals surface area (Å²) in [6, 6.07) is -1.42. The first-order valence-electron chi connectivity index (χ1n) is 11.1. The maximum atomic E-state index is 13.0. The van der Waals surface area contributed by atoms with Crippen molar-refractivity contribution in [2.75, 3.05) is 20.2 Å². The second-order valence-electron chi connectivity index (χ2n) is 8.48. The van der Waals surface area contributed by atoms with Crippen molar-refractivity contribution >= 4 is 23.7 Å². The Morgan fingerprint density at radius 1 is 1.16 bits per heavy atom. The van der Waals surface area contributed by atoms with Gasteiger partial charge < -0.3 is 20.3 Å². The monoisotopic (exact) mass is 445 g/mol. The lowest BCUT2D eigenvalue weighted by atomic mass is 9.83. The van der Waals surface area contributed by atoms with E-state index in [1.807, 2.05) is 6.92 Å². The van der Waals surface area contributed by atoms with E-state index < -0.39 is 29.9 Å². The number of nitrogens with zero attached hydrogens (tertiary/aromatic N) is 3. The number of carbonyl (C=O) groups is 4. The zero-order valence-electron chi connectivity index (χ0n) is 18.6. The summed E-state index contributed by atoms with van der Waals surface area (Å²) >= 11 is 0. The molecule has 2 aliphatic rings. The molecule has 10 nitrogen and oxygen atoms in total. The summed E-state index contributed by atoms with van der Waals surface area (Å²) in [5.74, 6) is -1.72. The molecule has 3 atom stereocenters. The van der Waals surface area contributed by atoms with Crippen LogP contribution in [0.15, 0.2) is 18.6 Å². The molecule has 0 bridgehead atoms. The molecule has 2 heterocycles. The highest BCUT2D eigenvalue weighted by atomic mass is 16.5. The van der Waals surface area contributed by atoms with E-state index in [9.17, 15) is 19.2 Å². The van der Waals surface area contributed by atoms with Gasteiger partial charge >= 0.3 is 5.97 Å². The van der Waals surface area contributed by atoms with Crippen LogP contribution in [-0.4, -0.2) is 70.8 Å². The van der Waals surface area contributed by atoms with Crippen LogP contribution in [0.3, 0.4) is 0 Å². The van der Waals surface area contributed by atoms with Gasteiger partial charge in [-0.1, -0.05) is 26.2 Å². The number of hydrogen-bond donors (Lipinski definition) is 2. The quantitative estimate of drug-likeness (QED) is 0.590. The van der Waals surface area contributed by atoms with Gasteiger partial charge in [0.25, 0.3) is 5.91 Å². The molecule has 1 aliphatic heterocycles. The van der Waals surface area contributed by atoms with Crippen LogP contribution in [0.4, 0.5) is 0 Å². The van der Waals surface area contributed by atoms with E-state index in [2.05, 4.69) is 20.6 Å². The van der Waals surface area contributed by atoms with Crippen LogP contribution >= 0.6 is 0 Å². The average Bonchev–Trinajstić information content (AvgIpc) is 3.22. The molecule has 2 N–H and O–H groups in total. The summed E-state index contributed by atoms with van der Waals surface area (Å²) < 4.78 is 4.84. The fourth-order valence-corrected chi connectivity index (χ4v) is 4.58. The number of nitrogens with one attached hydrogen (secondary N) is 2. The molecule has 3 amide bonds. The predicted octanol–water partition coefficient (Wildman–Crippen LogP) is 0.682. The van der Waals surface area contributed by atoms with E-state index in [-0.39, 0.29) is 30.0 Å². The fourth-order valence-electron chi connectivity index (χ4n) is 4.58. The SMILES string of the molecule is COC(=O)C1C(C)CCN1C(=O)CNC(=O)C(NC(=O)c1cnccn1)C1CCCCC1. The highest BCUT2D eigenvalue weighted by Crippen LogP contribution is 2.27. The molecule has 1 saturated heterocycles. The third-order valence-electron chi connectivity index (χ3n) is 6.36. The minimum atomic E-state index is -0.772. The van der Waals surface area contributed by atoms with Crippen molar-refractivity contribution in [2.45, 2.75) is 57.5 Å². The third-order valence-corrected chi connectivity index (χ3v) is 6.36. The zero-order chi connectivity index (χ0) is 23.1. The first kappa shape index (κ1) is 23.6. The Morgan fingerprint density at radius 2 is 1.91 bits per heavy atom. The first-order chi connectivity index (χ1) is 15.4. The van der Waals surface area contributed by atoms with Gasteiger partial charge in [0, 0.05) is 18.9 Å². The normalized spacial score (nSPS) is 22.1. The maximum absolute atomic E-state index is 13.0. The molecule has 1 aromatic heterocycles. The second kappa shape index (κ2) is 11.0. The number of likely N-dealkylation sites (tertiary alicyclic amines) is 1. The molecular weight excluding hydrogens is 414 g/mol. The first-order valence-corrected chi connectivity index (χ1v) is 11.1. The van der Waals surface area contributed by atoms with E-state index in [4.69, 9.17) is 4.74 Å². The fraction of sp³-hybridized carbons (Fsp3) is 0.636. The number of rotatable bonds is 7. The van der Waals surface area contributed by atoms with Gasteiger partial charge in [0.15, 0.2) is 0 Å². The molecule has 10 heteroatoms. The van der Waals surface area contributed by atoms with Gasteiger partial charge in [-0.25, -0.2) is 9.78 Å². The lowest BCUT2D eigenvalue weighted by molar-refractivity contribution is -0.152. The summed E-state index contributed by atoms with van der Waals surface area (Å²) in [4.78, 5) is 59.9. The van der Waals surface area contributed by atoms with Crippen molar-refractivity contribution in [3.8, 4) is 0 Å². The molecule has 0 radical (unpaired) electrons. The van der Waals surface area contributed by atoms with Crippen molar-refractivity contribution in [3.05, 3.63) is 24.3 Å². The Kier molecular flexibility index (Phi) is 8.13. The van der Waals surface area contributed by atoms with Gasteiger partial charge in [-0.05, 0) is 31.1 Å². The van der Waals surface area contributed by atoms with E-state index in [1.165, 1.54) is 30.6 Å². The number of esters is 1. The molecule has 174 valence electrons. The Balaban J connectivity index is 1.65. The lowest BCUT2D eigenvalue weighted by Crippen LogP contribution is -2.54. The van der Waals surface area contributed by atoms with E-state index in [1.54, 1.807) is 0 Å². The second-order valence-corrected chi connectivity index (χ2v) is 8.48. The van der Waals surface area contributed by atoms with Gasteiger partial charge in [-0.3, -0.25) is 19.4 Å². The van der Waals surface area contributed by atoms with Crippen LogP contribution in [0.1, 0.15) is 55.9 Å². The highest BCUT2D eigenvalue weighted by Gasteiger charge is 2.40. The number of ether oxygens (including phenoxy) is 1. The van der Waals surface area contributed by atoms with Gasteiger partial charge in [0.05, 0.1) is 19.9 Å². The molecule has 1 aromatic rings. The van der Waals surface area contributed by atoms with Gasteiger partial charge in [0.2, 0.25) is 11.8 Å². The minimum Gasteiger partial charge on any atom is -0.467 e. The highest BCUT2D eigenvalue weighted by molar-refractivity contribution is 5.97. The molecule has 3 unspecified atom stereocenters. The third kappa shape index (κ3) is 5.60.